The summed E-state index contributed by atoms with van der Waals surface area (Å²) in [6.45, 7) is -0.366. The molecule has 3 aromatic heterocycles. The van der Waals surface area contributed by atoms with Crippen molar-refractivity contribution in [1.82, 2.24) is 19.4 Å². The lowest BCUT2D eigenvalue weighted by molar-refractivity contribution is -0.745. The normalized spacial score (nSPS) is 28.3. The molecule has 0 amide bonds. The van der Waals surface area contributed by atoms with Crippen molar-refractivity contribution in [3.8, 4) is 0 Å². The Hall–Kier alpha value is -1.78. The van der Waals surface area contributed by atoms with Crippen LogP contribution in [0, 0.1) is 0 Å². The van der Waals surface area contributed by atoms with Gasteiger partial charge >= 0.3 is 5.65 Å². The number of ether oxygens (including phenoxy) is 1. The number of nitrogens with one attached hydrogen (secondary N) is 1. The van der Waals surface area contributed by atoms with Gasteiger partial charge in [-0.3, -0.25) is 9.38 Å². The van der Waals surface area contributed by atoms with E-state index >= 15 is 0 Å². The van der Waals surface area contributed by atoms with Gasteiger partial charge in [-0.05, 0) is 0 Å². The van der Waals surface area contributed by atoms with Gasteiger partial charge in [-0.25, -0.2) is 9.55 Å². The summed E-state index contributed by atoms with van der Waals surface area (Å²) in [6, 6.07) is 0. The monoisotopic (exact) mass is 327 g/mol. The highest BCUT2D eigenvalue weighted by atomic mass is 35.5. The number of imidazole rings is 2. The molecule has 22 heavy (non-hydrogen) atoms. The first-order valence-electron chi connectivity index (χ1n) is 6.53. The van der Waals surface area contributed by atoms with Crippen LogP contribution in [-0.2, 0) is 4.74 Å². The highest BCUT2D eigenvalue weighted by Crippen LogP contribution is 2.26. The topological polar surface area (TPSA) is 120 Å². The fourth-order valence-electron chi connectivity index (χ4n) is 2.71. The van der Waals surface area contributed by atoms with Crippen molar-refractivity contribution in [3.63, 3.8) is 0 Å². The van der Waals surface area contributed by atoms with E-state index in [1.165, 1.54) is 0 Å². The maximum atomic E-state index is 10.1. The van der Waals surface area contributed by atoms with Gasteiger partial charge in [-0.15, -0.1) is 0 Å². The van der Waals surface area contributed by atoms with Gasteiger partial charge in [-0.2, -0.15) is 0 Å². The predicted molar refractivity (Wildman–Crippen MR) is 68.0 cm³/mol. The number of hydrogen-bond donors (Lipinski definition) is 4. The number of hydrogen-bond acceptors (Lipinski definition) is 6. The summed E-state index contributed by atoms with van der Waals surface area (Å²) in [5.41, 5.74) is 1.94. The number of aliphatic hydroxyl groups excluding tert-OH is 3. The van der Waals surface area contributed by atoms with Gasteiger partial charge in [0, 0.05) is 12.4 Å². The van der Waals surface area contributed by atoms with E-state index in [2.05, 4.69) is 15.0 Å². The van der Waals surface area contributed by atoms with Gasteiger partial charge in [-0.1, -0.05) is 4.98 Å². The first kappa shape index (κ1) is 15.1. The number of nitrogens with zero attached hydrogens (tertiary/aromatic N) is 4. The van der Waals surface area contributed by atoms with Gasteiger partial charge in [0.15, 0.2) is 18.3 Å². The Kier molecular flexibility index (Phi) is 3.75. The number of aliphatic hydroxyl groups is 3. The Bertz CT molecular complexity index is 805. The smallest absolute Gasteiger partial charge is 0.309 e. The van der Waals surface area contributed by atoms with E-state index in [4.69, 9.17) is 9.84 Å². The number of rotatable bonds is 2. The first-order chi connectivity index (χ1) is 10.2. The molecule has 1 aliphatic heterocycles. The fourth-order valence-corrected chi connectivity index (χ4v) is 2.71. The third-order valence-electron chi connectivity index (χ3n) is 3.80. The van der Waals surface area contributed by atoms with Crippen molar-refractivity contribution < 1.29 is 37.0 Å². The van der Waals surface area contributed by atoms with E-state index in [1.54, 1.807) is 34.0 Å². The van der Waals surface area contributed by atoms with Gasteiger partial charge in [0.05, 0.1) is 6.61 Å². The molecule has 1 fully saturated rings. The Balaban J connectivity index is 0.00000144. The number of H-pyrrole nitrogens is 1. The van der Waals surface area contributed by atoms with Crippen LogP contribution in [0.3, 0.4) is 0 Å². The Morgan fingerprint density at radius 3 is 2.86 bits per heavy atom. The average Bonchev–Trinajstić information content (AvgIpc) is 3.17. The Labute approximate surface area is 130 Å². The second kappa shape index (κ2) is 5.45. The molecule has 3 aromatic rings. The Morgan fingerprint density at radius 1 is 1.32 bits per heavy atom. The fraction of sp³-hybridized carbons (Fsp3) is 0.417. The van der Waals surface area contributed by atoms with Crippen LogP contribution in [0.15, 0.2) is 25.0 Å². The summed E-state index contributed by atoms with van der Waals surface area (Å²) < 4.78 is 8.86. The molecular weight excluding hydrogens is 314 g/mol. The summed E-state index contributed by atoms with van der Waals surface area (Å²) >= 11 is 0. The lowest BCUT2D eigenvalue weighted by Gasteiger charge is -2.11. The molecule has 4 atom stereocenters. The molecule has 4 heterocycles. The molecule has 1 saturated heterocycles. The van der Waals surface area contributed by atoms with E-state index in [9.17, 15) is 10.2 Å². The molecule has 9 nitrogen and oxygen atoms in total. The van der Waals surface area contributed by atoms with Crippen molar-refractivity contribution in [2.75, 3.05) is 6.61 Å². The number of aromatic amines is 1. The quantitative estimate of drug-likeness (QED) is 0.350. The van der Waals surface area contributed by atoms with Gasteiger partial charge in [0.25, 0.3) is 0 Å². The van der Waals surface area contributed by atoms with E-state index < -0.39 is 24.5 Å². The lowest BCUT2D eigenvalue weighted by atomic mass is 10.1. The summed E-state index contributed by atoms with van der Waals surface area (Å²) in [4.78, 5) is 11.6. The maximum Gasteiger partial charge on any atom is 0.309 e. The molecule has 1 unspecified atom stereocenters. The molecular formula is C12H14ClN5O4. The third-order valence-corrected chi connectivity index (χ3v) is 3.80. The number of halogens is 1. The second-order valence-electron chi connectivity index (χ2n) is 5.01. The maximum absolute atomic E-state index is 10.1. The van der Waals surface area contributed by atoms with Crippen LogP contribution in [0.25, 0.3) is 16.8 Å². The summed E-state index contributed by atoms with van der Waals surface area (Å²) in [7, 11) is 0. The third kappa shape index (κ3) is 1.98. The largest absolute Gasteiger partial charge is 1.00 e. The molecule has 0 aromatic carbocycles. The molecule has 118 valence electrons. The Morgan fingerprint density at radius 2 is 2.14 bits per heavy atom. The standard InChI is InChI=1S/C12H13N5O4.ClH/c18-3-6-8(19)9(20)12(21-6)17-5-14-7-10-13-1-2-16(10)4-15-11(7)17;/h1-2,4-6,8-9,12,18-20H,3H2;1H/t6-,8+,9?,12-;/m0./s1. The zero-order valence-electron chi connectivity index (χ0n) is 11.2. The first-order valence-corrected chi connectivity index (χ1v) is 6.53. The van der Waals surface area contributed by atoms with Crippen molar-refractivity contribution in [3.05, 3.63) is 25.0 Å². The van der Waals surface area contributed by atoms with E-state index in [0.29, 0.717) is 16.8 Å². The van der Waals surface area contributed by atoms with Crippen molar-refractivity contribution in [2.24, 2.45) is 0 Å². The van der Waals surface area contributed by atoms with E-state index in [0.717, 1.165) is 0 Å². The highest BCUT2D eigenvalue weighted by molar-refractivity contribution is 5.82. The lowest BCUT2D eigenvalue weighted by Crippen LogP contribution is -3.00. The second-order valence-corrected chi connectivity index (χ2v) is 5.01. The van der Waals surface area contributed by atoms with Crippen LogP contribution in [0.4, 0.5) is 0 Å². The van der Waals surface area contributed by atoms with E-state index in [-0.39, 0.29) is 19.0 Å². The predicted octanol–water partition coefficient (Wildman–Crippen LogP) is -4.89. The van der Waals surface area contributed by atoms with Crippen LogP contribution >= 0.6 is 0 Å². The minimum Gasteiger partial charge on any atom is -1.00 e. The minimum absolute atomic E-state index is 0. The molecule has 4 rings (SSSR count). The molecule has 4 N–H and O–H groups in total. The zero-order valence-corrected chi connectivity index (χ0v) is 12.0. The SMILES string of the molecule is OC[C@@H]1O[C@H]([n+]2c[nH]c3c4nccn4cnc32)C(O)[C@@H]1O.[Cl-]. The van der Waals surface area contributed by atoms with Crippen molar-refractivity contribution in [1.29, 1.82) is 0 Å². The summed E-state index contributed by atoms with van der Waals surface area (Å²) in [5, 5.41) is 29.1. The summed E-state index contributed by atoms with van der Waals surface area (Å²) in [5.74, 6) is 0. The molecule has 1 aliphatic rings. The highest BCUT2D eigenvalue weighted by Gasteiger charge is 2.46. The van der Waals surface area contributed by atoms with Crippen molar-refractivity contribution >= 4 is 16.8 Å². The molecule has 0 bridgehead atoms. The number of fused-ring (bicyclic) bond motifs is 3. The van der Waals surface area contributed by atoms with Crippen LogP contribution in [0.1, 0.15) is 6.23 Å². The van der Waals surface area contributed by atoms with Crippen molar-refractivity contribution in [2.45, 2.75) is 24.5 Å². The van der Waals surface area contributed by atoms with Crippen LogP contribution in [-0.4, -0.2) is 59.6 Å². The number of aromatic nitrogens is 5. The van der Waals surface area contributed by atoms with Crippen LogP contribution in [0.5, 0.6) is 0 Å². The van der Waals surface area contributed by atoms with Gasteiger partial charge in [0.1, 0.15) is 18.3 Å². The zero-order chi connectivity index (χ0) is 14.6. The molecule has 0 spiro atoms. The van der Waals surface area contributed by atoms with Gasteiger partial charge < -0.3 is 32.5 Å². The van der Waals surface area contributed by atoms with Crippen LogP contribution in [0.2, 0.25) is 0 Å². The summed E-state index contributed by atoms with van der Waals surface area (Å²) in [6.07, 6.45) is 2.71. The average molecular weight is 328 g/mol. The van der Waals surface area contributed by atoms with Gasteiger partial charge in [0.2, 0.25) is 11.7 Å². The van der Waals surface area contributed by atoms with Crippen LogP contribution < -0.4 is 17.0 Å². The molecule has 10 heteroatoms. The molecule has 0 radical (unpaired) electrons. The molecule has 0 aliphatic carbocycles. The molecule has 0 saturated carbocycles. The minimum atomic E-state index is -1.15. The van der Waals surface area contributed by atoms with E-state index in [1.807, 2.05) is 0 Å².